The molecule has 1 heterocycles. The molecule has 1 aromatic rings. The first-order valence-electron chi connectivity index (χ1n) is 3.64. The summed E-state index contributed by atoms with van der Waals surface area (Å²) in [5.74, 6) is 0.528. The van der Waals surface area contributed by atoms with Crippen LogP contribution in [-0.4, -0.2) is 29.5 Å². The Balaban J connectivity index is 2.50. The van der Waals surface area contributed by atoms with Crippen molar-refractivity contribution < 1.29 is 4.79 Å². The van der Waals surface area contributed by atoms with Crippen LogP contribution < -0.4 is 10.6 Å². The van der Waals surface area contributed by atoms with E-state index in [-0.39, 0.29) is 12.5 Å². The largest absolute Gasteiger partial charge is 0.361 e. The Morgan fingerprint density at radius 3 is 3.00 bits per heavy atom. The van der Waals surface area contributed by atoms with Crippen LogP contribution in [-0.2, 0) is 4.79 Å². The van der Waals surface area contributed by atoms with Crippen LogP contribution in [0.2, 0.25) is 0 Å². The van der Waals surface area contributed by atoms with E-state index in [2.05, 4.69) is 36.5 Å². The Hall–Kier alpha value is -1.17. The third kappa shape index (κ3) is 3.37. The lowest BCUT2D eigenvalue weighted by Crippen LogP contribution is -2.26. The average Bonchev–Trinajstić information content (AvgIpc) is 2.14. The number of rotatable bonds is 3. The molecule has 0 spiro atoms. The molecule has 0 aliphatic carbocycles. The van der Waals surface area contributed by atoms with Crippen molar-refractivity contribution in [3.63, 3.8) is 0 Å². The summed E-state index contributed by atoms with van der Waals surface area (Å²) in [6.07, 6.45) is 1.41. The molecule has 1 rings (SSSR count). The topological polar surface area (TPSA) is 66.9 Å². The maximum absolute atomic E-state index is 10.8. The fraction of sp³-hybridized carbons (Fsp3) is 0.286. The fourth-order valence-electron chi connectivity index (χ4n) is 0.689. The van der Waals surface area contributed by atoms with E-state index in [1.165, 1.54) is 6.33 Å². The second-order valence-electron chi connectivity index (χ2n) is 2.25. The van der Waals surface area contributed by atoms with Crippen molar-refractivity contribution in [1.82, 2.24) is 15.3 Å². The molecule has 0 atom stereocenters. The van der Waals surface area contributed by atoms with Crippen LogP contribution in [0.4, 0.5) is 5.82 Å². The SMILES string of the molecule is CNC(=O)CNc1cc(Br)ncn1. The number of amides is 1. The van der Waals surface area contributed by atoms with Gasteiger partial charge in [0.15, 0.2) is 0 Å². The summed E-state index contributed by atoms with van der Waals surface area (Å²) in [5.41, 5.74) is 0. The van der Waals surface area contributed by atoms with Gasteiger partial charge in [0.05, 0.1) is 6.54 Å². The smallest absolute Gasteiger partial charge is 0.239 e. The van der Waals surface area contributed by atoms with Crippen molar-refractivity contribution in [3.8, 4) is 0 Å². The van der Waals surface area contributed by atoms with E-state index in [0.29, 0.717) is 10.4 Å². The molecule has 70 valence electrons. The molecule has 1 amide bonds. The molecule has 1 aromatic heterocycles. The van der Waals surface area contributed by atoms with Crippen LogP contribution in [0, 0.1) is 0 Å². The van der Waals surface area contributed by atoms with Crippen LogP contribution >= 0.6 is 15.9 Å². The Bertz CT molecular complexity index is 304. The zero-order valence-electron chi connectivity index (χ0n) is 7.04. The number of carbonyl (C=O) groups excluding carboxylic acids is 1. The molecule has 0 aromatic carbocycles. The zero-order valence-corrected chi connectivity index (χ0v) is 8.63. The van der Waals surface area contributed by atoms with Crippen LogP contribution in [0.5, 0.6) is 0 Å². The summed E-state index contributed by atoms with van der Waals surface area (Å²) in [6.45, 7) is 0.208. The van der Waals surface area contributed by atoms with Crippen molar-refractivity contribution in [3.05, 3.63) is 17.0 Å². The Labute approximate surface area is 84.1 Å². The highest BCUT2D eigenvalue weighted by atomic mass is 79.9. The molecule has 13 heavy (non-hydrogen) atoms. The van der Waals surface area contributed by atoms with Gasteiger partial charge in [0.1, 0.15) is 16.7 Å². The molecule has 0 bridgehead atoms. The van der Waals surface area contributed by atoms with Gasteiger partial charge in [-0.15, -0.1) is 0 Å². The first kappa shape index (κ1) is 9.91. The number of nitrogens with one attached hydrogen (secondary N) is 2. The van der Waals surface area contributed by atoms with E-state index in [1.54, 1.807) is 13.1 Å². The number of hydrogen-bond donors (Lipinski definition) is 2. The summed E-state index contributed by atoms with van der Waals surface area (Å²) in [6, 6.07) is 1.70. The number of anilines is 1. The van der Waals surface area contributed by atoms with Gasteiger partial charge >= 0.3 is 0 Å². The first-order chi connectivity index (χ1) is 6.22. The lowest BCUT2D eigenvalue weighted by Gasteiger charge is -2.03. The van der Waals surface area contributed by atoms with Crippen LogP contribution in [0.15, 0.2) is 17.0 Å². The van der Waals surface area contributed by atoms with Gasteiger partial charge in [-0.2, -0.15) is 0 Å². The number of carbonyl (C=O) groups is 1. The Kier molecular flexibility index (Phi) is 3.63. The lowest BCUT2D eigenvalue weighted by molar-refractivity contribution is -0.118. The molecule has 0 unspecified atom stereocenters. The van der Waals surface area contributed by atoms with Gasteiger partial charge in [0, 0.05) is 13.1 Å². The molecule has 2 N–H and O–H groups in total. The molecule has 0 fully saturated rings. The summed E-state index contributed by atoms with van der Waals surface area (Å²) in [4.78, 5) is 18.6. The van der Waals surface area contributed by atoms with E-state index in [1.807, 2.05) is 0 Å². The van der Waals surface area contributed by atoms with Crippen LogP contribution in [0.1, 0.15) is 0 Å². The molecule has 0 radical (unpaired) electrons. The molecule has 0 saturated carbocycles. The van der Waals surface area contributed by atoms with Crippen molar-refractivity contribution >= 4 is 27.7 Å². The highest BCUT2D eigenvalue weighted by Gasteiger charge is 1.98. The number of nitrogens with zero attached hydrogens (tertiary/aromatic N) is 2. The highest BCUT2D eigenvalue weighted by molar-refractivity contribution is 9.10. The molecular formula is C7H9BrN4O. The highest BCUT2D eigenvalue weighted by Crippen LogP contribution is 2.08. The summed E-state index contributed by atoms with van der Waals surface area (Å²) < 4.78 is 0.682. The standard InChI is InChI=1S/C7H9BrN4O/c1-9-7(13)3-10-6-2-5(8)11-4-12-6/h2,4H,3H2,1H3,(H,9,13)(H,10,11,12). The fourth-order valence-corrected chi connectivity index (χ4v) is 0.998. The lowest BCUT2D eigenvalue weighted by atomic mass is 10.5. The molecule has 0 aliphatic rings. The second kappa shape index (κ2) is 4.76. The molecule has 5 nitrogen and oxygen atoms in total. The normalized spacial score (nSPS) is 9.38. The summed E-state index contributed by atoms with van der Waals surface area (Å²) in [5, 5.41) is 5.34. The second-order valence-corrected chi connectivity index (χ2v) is 3.07. The molecule has 0 saturated heterocycles. The summed E-state index contributed by atoms with van der Waals surface area (Å²) >= 11 is 3.19. The Morgan fingerprint density at radius 1 is 1.62 bits per heavy atom. The summed E-state index contributed by atoms with van der Waals surface area (Å²) in [7, 11) is 1.58. The first-order valence-corrected chi connectivity index (χ1v) is 4.43. The third-order valence-electron chi connectivity index (χ3n) is 1.34. The molecule has 0 aliphatic heterocycles. The number of hydrogen-bond acceptors (Lipinski definition) is 4. The van der Waals surface area contributed by atoms with Crippen molar-refractivity contribution in [2.24, 2.45) is 0 Å². The number of likely N-dealkylation sites (N-methyl/N-ethyl adjacent to an activating group) is 1. The van der Waals surface area contributed by atoms with E-state index in [9.17, 15) is 4.79 Å². The van der Waals surface area contributed by atoms with Crippen molar-refractivity contribution in [1.29, 1.82) is 0 Å². The maximum Gasteiger partial charge on any atom is 0.239 e. The van der Waals surface area contributed by atoms with Gasteiger partial charge < -0.3 is 10.6 Å². The van der Waals surface area contributed by atoms with E-state index >= 15 is 0 Å². The van der Waals surface area contributed by atoms with Gasteiger partial charge in [-0.25, -0.2) is 9.97 Å². The van der Waals surface area contributed by atoms with Crippen molar-refractivity contribution in [2.75, 3.05) is 18.9 Å². The van der Waals surface area contributed by atoms with E-state index < -0.39 is 0 Å². The monoisotopic (exact) mass is 244 g/mol. The minimum atomic E-state index is -0.0882. The predicted octanol–water partition coefficient (Wildman–Crippen LogP) is 0.397. The van der Waals surface area contributed by atoms with Gasteiger partial charge in [-0.05, 0) is 15.9 Å². The Morgan fingerprint density at radius 2 is 2.38 bits per heavy atom. The van der Waals surface area contributed by atoms with Crippen LogP contribution in [0.25, 0.3) is 0 Å². The predicted molar refractivity (Wildman–Crippen MR) is 52.3 cm³/mol. The van der Waals surface area contributed by atoms with E-state index in [4.69, 9.17) is 0 Å². The van der Waals surface area contributed by atoms with Crippen molar-refractivity contribution in [2.45, 2.75) is 0 Å². The quantitative estimate of drug-likeness (QED) is 0.756. The number of aromatic nitrogens is 2. The van der Waals surface area contributed by atoms with E-state index in [0.717, 1.165) is 0 Å². The van der Waals surface area contributed by atoms with Gasteiger partial charge in [0.25, 0.3) is 0 Å². The van der Waals surface area contributed by atoms with Gasteiger partial charge in [-0.3, -0.25) is 4.79 Å². The third-order valence-corrected chi connectivity index (χ3v) is 1.78. The minimum absolute atomic E-state index is 0.0882. The minimum Gasteiger partial charge on any atom is -0.361 e. The molecular weight excluding hydrogens is 236 g/mol. The van der Waals surface area contributed by atoms with Gasteiger partial charge in [0.2, 0.25) is 5.91 Å². The van der Waals surface area contributed by atoms with Gasteiger partial charge in [-0.1, -0.05) is 0 Å². The average molecular weight is 245 g/mol. The maximum atomic E-state index is 10.8. The van der Waals surface area contributed by atoms with Crippen LogP contribution in [0.3, 0.4) is 0 Å². The number of halogens is 1. The zero-order chi connectivity index (χ0) is 9.68. The molecule has 6 heteroatoms.